The lowest BCUT2D eigenvalue weighted by Gasteiger charge is -2.22. The molecular formula is C38H78NO4P. The Bertz CT molecular complexity index is 604. The number of phosphoric ester groups is 1. The van der Waals surface area contributed by atoms with Crippen LogP contribution in [-0.2, 0) is 9.09 Å². The molecule has 5 nitrogen and oxygen atoms in total. The van der Waals surface area contributed by atoms with Crippen LogP contribution in [0.15, 0.2) is 12.2 Å². The summed E-state index contributed by atoms with van der Waals surface area (Å²) >= 11 is 0. The summed E-state index contributed by atoms with van der Waals surface area (Å²) in [6.45, 7) is 8.74. The average molecular weight is 644 g/mol. The van der Waals surface area contributed by atoms with Crippen LogP contribution in [0.5, 0.6) is 0 Å². The highest BCUT2D eigenvalue weighted by molar-refractivity contribution is 7.46. The fourth-order valence-electron chi connectivity index (χ4n) is 6.07. The lowest BCUT2D eigenvalue weighted by atomic mass is 10.1. The number of hydrogen-bond acceptors (Lipinski definition) is 3. The summed E-state index contributed by atoms with van der Waals surface area (Å²) in [5, 5.41) is 0. The average Bonchev–Trinajstić information content (AvgIpc) is 2.99. The molecule has 0 saturated heterocycles. The largest absolute Gasteiger partial charge is 0.469 e. The maximum absolute atomic E-state index is 10.6. The number of allylic oxidation sites excluding steroid dienone is 2. The highest BCUT2D eigenvalue weighted by atomic mass is 31.2. The van der Waals surface area contributed by atoms with E-state index < -0.39 is 7.82 Å². The van der Waals surface area contributed by atoms with Crippen LogP contribution in [0.2, 0.25) is 0 Å². The lowest BCUT2D eigenvalue weighted by Crippen LogP contribution is -2.27. The SMILES string of the molecule is CCCCCCCCCCN(CCCCCCCC/C=C\CCCCCCCCOP(=O)(O)O)CCCCCCCCCC. The zero-order valence-electron chi connectivity index (χ0n) is 29.8. The molecule has 0 aromatic rings. The number of nitrogens with zero attached hydrogens (tertiary/aromatic N) is 1. The van der Waals surface area contributed by atoms with Crippen LogP contribution in [-0.4, -0.2) is 40.9 Å². The molecule has 0 fully saturated rings. The Morgan fingerprint density at radius 3 is 1.09 bits per heavy atom. The Labute approximate surface area is 276 Å². The van der Waals surface area contributed by atoms with Crippen LogP contribution in [0.25, 0.3) is 0 Å². The molecule has 0 spiro atoms. The normalized spacial score (nSPS) is 12.3. The van der Waals surface area contributed by atoms with Crippen LogP contribution >= 0.6 is 7.82 Å². The Morgan fingerprint density at radius 1 is 0.455 bits per heavy atom. The zero-order chi connectivity index (χ0) is 32.2. The van der Waals surface area contributed by atoms with Gasteiger partial charge in [0, 0.05) is 0 Å². The summed E-state index contributed by atoms with van der Waals surface area (Å²) in [6, 6.07) is 0. The summed E-state index contributed by atoms with van der Waals surface area (Å²) in [5.41, 5.74) is 0. The van der Waals surface area contributed by atoms with Gasteiger partial charge < -0.3 is 14.7 Å². The minimum atomic E-state index is -4.29. The van der Waals surface area contributed by atoms with E-state index in [1.807, 2.05) is 0 Å². The molecule has 2 N–H and O–H groups in total. The first kappa shape index (κ1) is 43.8. The van der Waals surface area contributed by atoms with E-state index in [-0.39, 0.29) is 6.61 Å². The quantitative estimate of drug-likeness (QED) is 0.0400. The van der Waals surface area contributed by atoms with Gasteiger partial charge in [0.2, 0.25) is 0 Å². The molecular weight excluding hydrogens is 565 g/mol. The van der Waals surface area contributed by atoms with Gasteiger partial charge in [0.25, 0.3) is 0 Å². The predicted molar refractivity (Wildman–Crippen MR) is 193 cm³/mol. The highest BCUT2D eigenvalue weighted by Gasteiger charge is 2.12. The van der Waals surface area contributed by atoms with Crippen molar-refractivity contribution in [2.75, 3.05) is 26.2 Å². The fraction of sp³-hybridized carbons (Fsp3) is 0.947. The van der Waals surface area contributed by atoms with Crippen molar-refractivity contribution in [3.8, 4) is 0 Å². The fourth-order valence-corrected chi connectivity index (χ4v) is 6.44. The van der Waals surface area contributed by atoms with Gasteiger partial charge in [-0.3, -0.25) is 4.52 Å². The van der Waals surface area contributed by atoms with E-state index in [9.17, 15) is 4.57 Å². The molecule has 0 amide bonds. The van der Waals surface area contributed by atoms with Gasteiger partial charge in [-0.05, 0) is 71.0 Å². The van der Waals surface area contributed by atoms with Crippen LogP contribution < -0.4 is 0 Å². The molecule has 264 valence electrons. The van der Waals surface area contributed by atoms with Gasteiger partial charge in [-0.1, -0.05) is 167 Å². The van der Waals surface area contributed by atoms with Crippen LogP contribution in [0.3, 0.4) is 0 Å². The van der Waals surface area contributed by atoms with Crippen molar-refractivity contribution in [1.82, 2.24) is 4.90 Å². The second-order valence-electron chi connectivity index (χ2n) is 13.4. The molecule has 0 aliphatic rings. The molecule has 0 unspecified atom stereocenters. The second-order valence-corrected chi connectivity index (χ2v) is 14.6. The molecule has 0 aromatic carbocycles. The van der Waals surface area contributed by atoms with Gasteiger partial charge in [0.05, 0.1) is 6.61 Å². The molecule has 6 heteroatoms. The van der Waals surface area contributed by atoms with E-state index in [0.717, 1.165) is 19.3 Å². The third-order valence-electron chi connectivity index (χ3n) is 8.94. The van der Waals surface area contributed by atoms with Crippen molar-refractivity contribution < 1.29 is 18.9 Å². The van der Waals surface area contributed by atoms with Crippen LogP contribution in [0.1, 0.15) is 206 Å². The van der Waals surface area contributed by atoms with Crippen molar-refractivity contribution >= 4 is 7.82 Å². The van der Waals surface area contributed by atoms with E-state index >= 15 is 0 Å². The molecule has 0 aliphatic carbocycles. The van der Waals surface area contributed by atoms with E-state index in [4.69, 9.17) is 9.79 Å². The van der Waals surface area contributed by atoms with Gasteiger partial charge in [0.15, 0.2) is 0 Å². The van der Waals surface area contributed by atoms with E-state index in [0.29, 0.717) is 0 Å². The molecule has 0 rings (SSSR count). The third kappa shape index (κ3) is 38.0. The Hall–Kier alpha value is -0.190. The van der Waals surface area contributed by atoms with Gasteiger partial charge in [0.1, 0.15) is 0 Å². The molecule has 0 aromatic heterocycles. The number of rotatable bonds is 37. The molecule has 0 saturated carbocycles. The summed E-state index contributed by atoms with van der Waals surface area (Å²) in [7, 11) is -4.29. The maximum atomic E-state index is 10.6. The Balaban J connectivity index is 3.76. The monoisotopic (exact) mass is 644 g/mol. The van der Waals surface area contributed by atoms with Gasteiger partial charge in [-0.15, -0.1) is 0 Å². The van der Waals surface area contributed by atoms with E-state index in [1.165, 1.54) is 193 Å². The first-order valence-electron chi connectivity index (χ1n) is 19.6. The molecule has 44 heavy (non-hydrogen) atoms. The van der Waals surface area contributed by atoms with Crippen molar-refractivity contribution in [1.29, 1.82) is 0 Å². The lowest BCUT2D eigenvalue weighted by molar-refractivity contribution is 0.193. The standard InChI is InChI=1S/C38H78NO4P/c1-3-5-7-9-11-23-27-31-35-39(36-32-28-24-12-10-8-6-4-2)37-33-29-25-21-19-17-15-13-14-16-18-20-22-26-30-34-38-43-44(40,41)42/h13-14H,3-12,15-38H2,1-2H3,(H2,40,41,42)/b14-13-. The van der Waals surface area contributed by atoms with Crippen molar-refractivity contribution in [2.45, 2.75) is 206 Å². The minimum Gasteiger partial charge on any atom is -0.303 e. The molecule has 0 radical (unpaired) electrons. The summed E-state index contributed by atoms with van der Waals surface area (Å²) in [5.74, 6) is 0. The van der Waals surface area contributed by atoms with E-state index in [2.05, 4.69) is 35.4 Å². The first-order valence-corrected chi connectivity index (χ1v) is 21.1. The minimum absolute atomic E-state index is 0.157. The van der Waals surface area contributed by atoms with Crippen molar-refractivity contribution in [2.24, 2.45) is 0 Å². The molecule has 0 aliphatic heterocycles. The third-order valence-corrected chi connectivity index (χ3v) is 9.46. The molecule has 0 atom stereocenters. The number of unbranched alkanes of at least 4 members (excludes halogenated alkanes) is 26. The van der Waals surface area contributed by atoms with Gasteiger partial charge in [-0.2, -0.15) is 0 Å². The highest BCUT2D eigenvalue weighted by Crippen LogP contribution is 2.35. The molecule has 0 heterocycles. The number of hydrogen-bond donors (Lipinski definition) is 2. The van der Waals surface area contributed by atoms with Crippen molar-refractivity contribution in [3.63, 3.8) is 0 Å². The van der Waals surface area contributed by atoms with Crippen LogP contribution in [0.4, 0.5) is 0 Å². The molecule has 0 bridgehead atoms. The Morgan fingerprint density at radius 2 is 0.750 bits per heavy atom. The maximum Gasteiger partial charge on any atom is 0.469 e. The van der Waals surface area contributed by atoms with Gasteiger partial charge >= 0.3 is 7.82 Å². The van der Waals surface area contributed by atoms with Gasteiger partial charge in [-0.25, -0.2) is 4.57 Å². The number of phosphoric acid groups is 1. The smallest absolute Gasteiger partial charge is 0.303 e. The zero-order valence-corrected chi connectivity index (χ0v) is 30.7. The Kier molecular flexibility index (Phi) is 35.5. The summed E-state index contributed by atoms with van der Waals surface area (Å²) in [6.07, 6.45) is 44.6. The summed E-state index contributed by atoms with van der Waals surface area (Å²) < 4.78 is 15.1. The van der Waals surface area contributed by atoms with E-state index in [1.54, 1.807) is 0 Å². The second kappa shape index (κ2) is 35.7. The van der Waals surface area contributed by atoms with Crippen molar-refractivity contribution in [3.05, 3.63) is 12.2 Å². The first-order chi connectivity index (χ1) is 21.5. The predicted octanol–water partition coefficient (Wildman–Crippen LogP) is 12.7. The van der Waals surface area contributed by atoms with Crippen LogP contribution in [0, 0.1) is 0 Å². The topological polar surface area (TPSA) is 70.0 Å². The summed E-state index contributed by atoms with van der Waals surface area (Å²) in [4.78, 5) is 20.1.